The van der Waals surface area contributed by atoms with E-state index < -0.39 is 0 Å². The average molecular weight is 217 g/mol. The van der Waals surface area contributed by atoms with Crippen LogP contribution in [0.5, 0.6) is 0 Å². The fraction of sp³-hybridized carbons (Fsp3) is 0.714. The maximum absolute atomic E-state index is 6.35. The molecule has 86 valence electrons. The van der Waals surface area contributed by atoms with Gasteiger partial charge in [-0.3, -0.25) is 0 Å². The Morgan fingerprint density at radius 1 is 1.31 bits per heavy atom. The molecule has 0 radical (unpaired) electrons. The van der Waals surface area contributed by atoms with E-state index in [1.54, 1.807) is 6.26 Å². The lowest BCUT2D eigenvalue weighted by atomic mass is 9.96. The van der Waals surface area contributed by atoms with Crippen molar-refractivity contribution in [2.75, 3.05) is 0 Å². The molecule has 3 saturated carbocycles. The Kier molecular flexibility index (Phi) is 1.82. The average Bonchev–Trinajstić information content (AvgIpc) is 2.73. The van der Waals surface area contributed by atoms with Crippen molar-refractivity contribution in [3.8, 4) is 0 Å². The first-order valence-corrected chi connectivity index (χ1v) is 6.62. The highest BCUT2D eigenvalue weighted by Gasteiger charge is 2.66. The maximum atomic E-state index is 6.35. The highest BCUT2D eigenvalue weighted by molar-refractivity contribution is 5.16. The molecule has 2 nitrogen and oxygen atoms in total. The van der Waals surface area contributed by atoms with Crippen LogP contribution in [-0.2, 0) is 6.42 Å². The molecule has 0 aromatic carbocycles. The van der Waals surface area contributed by atoms with Crippen molar-refractivity contribution >= 4 is 0 Å². The van der Waals surface area contributed by atoms with E-state index in [1.807, 2.05) is 12.1 Å². The lowest BCUT2D eigenvalue weighted by Crippen LogP contribution is -2.28. The molecule has 3 aliphatic rings. The predicted molar refractivity (Wildman–Crippen MR) is 61.7 cm³/mol. The molecular formula is C14H19NO. The van der Waals surface area contributed by atoms with Gasteiger partial charge < -0.3 is 10.2 Å². The fourth-order valence-electron chi connectivity index (χ4n) is 4.76. The first-order chi connectivity index (χ1) is 7.84. The molecule has 5 unspecified atom stereocenters. The van der Waals surface area contributed by atoms with Crippen molar-refractivity contribution in [2.24, 2.45) is 35.3 Å². The van der Waals surface area contributed by atoms with Crippen LogP contribution in [0.3, 0.4) is 0 Å². The van der Waals surface area contributed by atoms with Gasteiger partial charge in [-0.2, -0.15) is 0 Å². The van der Waals surface area contributed by atoms with Crippen LogP contribution in [-0.4, -0.2) is 6.04 Å². The summed E-state index contributed by atoms with van der Waals surface area (Å²) in [6.45, 7) is 0. The van der Waals surface area contributed by atoms with Gasteiger partial charge in [-0.15, -0.1) is 0 Å². The van der Waals surface area contributed by atoms with E-state index in [-0.39, 0.29) is 0 Å². The van der Waals surface area contributed by atoms with Crippen LogP contribution in [0.2, 0.25) is 0 Å². The minimum absolute atomic E-state index is 0.338. The zero-order valence-corrected chi connectivity index (χ0v) is 9.51. The lowest BCUT2D eigenvalue weighted by molar-refractivity contribution is 0.389. The summed E-state index contributed by atoms with van der Waals surface area (Å²) in [4.78, 5) is 0. The van der Waals surface area contributed by atoms with Crippen molar-refractivity contribution in [3.05, 3.63) is 24.2 Å². The maximum Gasteiger partial charge on any atom is 0.105 e. The summed E-state index contributed by atoms with van der Waals surface area (Å²) in [6.07, 6.45) is 7.16. The fourth-order valence-corrected chi connectivity index (χ4v) is 4.76. The summed E-state index contributed by atoms with van der Waals surface area (Å²) in [5.74, 6) is 5.92. The molecule has 16 heavy (non-hydrogen) atoms. The van der Waals surface area contributed by atoms with Crippen LogP contribution in [0.25, 0.3) is 0 Å². The summed E-state index contributed by atoms with van der Waals surface area (Å²) >= 11 is 0. The molecule has 0 spiro atoms. The van der Waals surface area contributed by atoms with Gasteiger partial charge in [-0.05, 0) is 61.0 Å². The third-order valence-electron chi connectivity index (χ3n) is 5.31. The zero-order chi connectivity index (χ0) is 10.7. The van der Waals surface area contributed by atoms with Crippen molar-refractivity contribution in [1.82, 2.24) is 0 Å². The SMILES string of the molecule is NC(Cc1ccco1)C1C2C3CCC(C3)C12. The Labute approximate surface area is 96.2 Å². The molecule has 0 aliphatic heterocycles. The highest BCUT2D eigenvalue weighted by atomic mass is 16.3. The van der Waals surface area contributed by atoms with Crippen LogP contribution in [0.15, 0.2) is 22.8 Å². The predicted octanol–water partition coefficient (Wildman–Crippen LogP) is 2.44. The van der Waals surface area contributed by atoms with Gasteiger partial charge in [0.1, 0.15) is 5.76 Å². The number of fused-ring (bicyclic) bond motifs is 5. The van der Waals surface area contributed by atoms with Crippen molar-refractivity contribution in [3.63, 3.8) is 0 Å². The zero-order valence-electron chi connectivity index (χ0n) is 9.51. The third kappa shape index (κ3) is 1.17. The monoisotopic (exact) mass is 217 g/mol. The standard InChI is InChI=1S/C14H19NO/c15-11(7-10-2-1-5-16-10)14-12-8-3-4-9(6-8)13(12)14/h1-2,5,8-9,11-14H,3-4,6-7,15H2. The summed E-state index contributed by atoms with van der Waals surface area (Å²) in [5, 5.41) is 0. The lowest BCUT2D eigenvalue weighted by Gasteiger charge is -2.14. The van der Waals surface area contributed by atoms with Crippen LogP contribution in [0.1, 0.15) is 25.0 Å². The van der Waals surface area contributed by atoms with Crippen molar-refractivity contribution in [1.29, 1.82) is 0 Å². The molecule has 2 N–H and O–H groups in total. The molecule has 1 aromatic rings. The Bertz CT molecular complexity index is 369. The summed E-state index contributed by atoms with van der Waals surface area (Å²) in [6, 6.07) is 4.34. The number of furan rings is 1. The van der Waals surface area contributed by atoms with Gasteiger partial charge in [0, 0.05) is 12.5 Å². The smallest absolute Gasteiger partial charge is 0.105 e. The van der Waals surface area contributed by atoms with Gasteiger partial charge in [-0.1, -0.05) is 0 Å². The molecular weight excluding hydrogens is 198 g/mol. The molecule has 2 bridgehead atoms. The summed E-state index contributed by atoms with van der Waals surface area (Å²) < 4.78 is 5.39. The molecule has 2 heteroatoms. The third-order valence-corrected chi connectivity index (χ3v) is 5.31. The van der Waals surface area contributed by atoms with Gasteiger partial charge in [0.2, 0.25) is 0 Å². The Hall–Kier alpha value is -0.760. The van der Waals surface area contributed by atoms with E-state index in [9.17, 15) is 0 Å². The van der Waals surface area contributed by atoms with Crippen LogP contribution >= 0.6 is 0 Å². The first-order valence-electron chi connectivity index (χ1n) is 6.62. The van der Waals surface area contributed by atoms with E-state index in [0.29, 0.717) is 6.04 Å². The van der Waals surface area contributed by atoms with Crippen molar-refractivity contribution in [2.45, 2.75) is 31.7 Å². The second kappa shape index (κ2) is 3.13. The summed E-state index contributed by atoms with van der Waals surface area (Å²) in [7, 11) is 0. The minimum Gasteiger partial charge on any atom is -0.469 e. The van der Waals surface area contributed by atoms with Gasteiger partial charge in [0.15, 0.2) is 0 Å². The first kappa shape index (κ1) is 9.29. The van der Waals surface area contributed by atoms with E-state index >= 15 is 0 Å². The topological polar surface area (TPSA) is 39.2 Å². The van der Waals surface area contributed by atoms with E-state index in [2.05, 4.69) is 0 Å². The second-order valence-corrected chi connectivity index (χ2v) is 6.01. The van der Waals surface area contributed by atoms with Crippen LogP contribution < -0.4 is 5.73 Å². The van der Waals surface area contributed by atoms with Gasteiger partial charge in [0.25, 0.3) is 0 Å². The molecule has 3 fully saturated rings. The molecule has 0 saturated heterocycles. The number of hydrogen-bond donors (Lipinski definition) is 1. The number of hydrogen-bond acceptors (Lipinski definition) is 2. The Morgan fingerprint density at radius 3 is 2.69 bits per heavy atom. The molecule has 3 aliphatic carbocycles. The van der Waals surface area contributed by atoms with Crippen molar-refractivity contribution < 1.29 is 4.42 Å². The molecule has 1 aromatic heterocycles. The second-order valence-electron chi connectivity index (χ2n) is 6.01. The van der Waals surface area contributed by atoms with Crippen LogP contribution in [0.4, 0.5) is 0 Å². The minimum atomic E-state index is 0.338. The normalized spacial score (nSPS) is 45.7. The van der Waals surface area contributed by atoms with Crippen LogP contribution in [0, 0.1) is 29.6 Å². The highest BCUT2D eigenvalue weighted by Crippen LogP contribution is 2.70. The number of nitrogens with two attached hydrogens (primary N) is 1. The van der Waals surface area contributed by atoms with E-state index in [4.69, 9.17) is 10.2 Å². The molecule has 0 amide bonds. The Balaban J connectivity index is 1.45. The van der Waals surface area contributed by atoms with E-state index in [1.165, 1.54) is 19.3 Å². The molecule has 5 atom stereocenters. The quantitative estimate of drug-likeness (QED) is 0.844. The van der Waals surface area contributed by atoms with Gasteiger partial charge in [-0.25, -0.2) is 0 Å². The van der Waals surface area contributed by atoms with Gasteiger partial charge >= 0.3 is 0 Å². The molecule has 4 rings (SSSR count). The van der Waals surface area contributed by atoms with E-state index in [0.717, 1.165) is 41.8 Å². The summed E-state index contributed by atoms with van der Waals surface area (Å²) in [5.41, 5.74) is 6.35. The largest absolute Gasteiger partial charge is 0.469 e. The van der Waals surface area contributed by atoms with Gasteiger partial charge in [0.05, 0.1) is 6.26 Å². The molecule has 1 heterocycles. The Morgan fingerprint density at radius 2 is 2.06 bits per heavy atom. The number of rotatable bonds is 3.